The summed E-state index contributed by atoms with van der Waals surface area (Å²) >= 11 is 0. The van der Waals surface area contributed by atoms with Gasteiger partial charge in [-0.05, 0) is 25.0 Å². The number of benzene rings is 1. The van der Waals surface area contributed by atoms with Gasteiger partial charge in [0.05, 0.1) is 29.1 Å². The Morgan fingerprint density at radius 2 is 2.11 bits per heavy atom. The van der Waals surface area contributed by atoms with Crippen LogP contribution in [-0.2, 0) is 6.42 Å². The van der Waals surface area contributed by atoms with Crippen molar-refractivity contribution in [1.82, 2.24) is 9.55 Å². The Bertz CT molecular complexity index is 620. The number of fused-ring (bicyclic) bond motifs is 1. The lowest BCUT2D eigenvalue weighted by atomic mass is 9.85. The van der Waals surface area contributed by atoms with Gasteiger partial charge in [-0.1, -0.05) is 31.9 Å². The number of imidazole rings is 1. The first-order valence-electron chi connectivity index (χ1n) is 7.20. The maximum atomic E-state index is 9.41. The topological polar surface area (TPSA) is 41.6 Å². The fraction of sp³-hybridized carbons (Fsp3) is 0.500. The lowest BCUT2D eigenvalue weighted by Crippen LogP contribution is -2.23. The molecule has 98 valence electrons. The summed E-state index contributed by atoms with van der Waals surface area (Å²) in [6.07, 6.45) is 5.45. The van der Waals surface area contributed by atoms with Crippen molar-refractivity contribution >= 4 is 11.0 Å². The number of hydrogen-bond donors (Lipinski definition) is 0. The van der Waals surface area contributed by atoms with Gasteiger partial charge in [-0.2, -0.15) is 5.26 Å². The van der Waals surface area contributed by atoms with Gasteiger partial charge in [0.15, 0.2) is 0 Å². The van der Waals surface area contributed by atoms with Gasteiger partial charge in [0.1, 0.15) is 5.82 Å². The van der Waals surface area contributed by atoms with Crippen LogP contribution in [0.15, 0.2) is 24.3 Å². The highest BCUT2D eigenvalue weighted by molar-refractivity contribution is 5.76. The molecule has 1 saturated carbocycles. The molecule has 3 rings (SSSR count). The van der Waals surface area contributed by atoms with E-state index in [1.54, 1.807) is 0 Å². The molecule has 19 heavy (non-hydrogen) atoms. The number of nitriles is 1. The zero-order valence-electron chi connectivity index (χ0n) is 11.3. The lowest BCUT2D eigenvalue weighted by molar-refractivity contribution is 0.290. The third-order valence-corrected chi connectivity index (χ3v) is 4.21. The molecule has 1 aromatic carbocycles. The zero-order valence-corrected chi connectivity index (χ0v) is 11.3. The number of aromatic nitrogens is 2. The van der Waals surface area contributed by atoms with Crippen LogP contribution in [0.1, 0.15) is 44.5 Å². The van der Waals surface area contributed by atoms with Gasteiger partial charge >= 0.3 is 0 Å². The van der Waals surface area contributed by atoms with Gasteiger partial charge in [-0.25, -0.2) is 4.98 Å². The van der Waals surface area contributed by atoms with Crippen LogP contribution in [0.2, 0.25) is 0 Å². The highest BCUT2D eigenvalue weighted by Gasteiger charge is 2.29. The summed E-state index contributed by atoms with van der Waals surface area (Å²) in [6.45, 7) is 2.14. The average molecular weight is 253 g/mol. The molecule has 2 aromatic rings. The van der Waals surface area contributed by atoms with Gasteiger partial charge in [0, 0.05) is 6.42 Å². The zero-order chi connectivity index (χ0) is 13.2. The number of rotatable bonds is 2. The van der Waals surface area contributed by atoms with Gasteiger partial charge in [-0.3, -0.25) is 0 Å². The second-order valence-electron chi connectivity index (χ2n) is 5.33. The molecule has 1 fully saturated rings. The highest BCUT2D eigenvalue weighted by atomic mass is 15.1. The molecule has 1 aliphatic rings. The third kappa shape index (κ3) is 2.02. The van der Waals surface area contributed by atoms with E-state index >= 15 is 0 Å². The summed E-state index contributed by atoms with van der Waals surface area (Å²) in [6, 6.07) is 11.1. The summed E-state index contributed by atoms with van der Waals surface area (Å²) in [4.78, 5) is 4.73. The highest BCUT2D eigenvalue weighted by Crippen LogP contribution is 2.36. The molecule has 3 heteroatoms. The summed E-state index contributed by atoms with van der Waals surface area (Å²) in [7, 11) is 0. The van der Waals surface area contributed by atoms with E-state index in [-0.39, 0.29) is 5.92 Å². The van der Waals surface area contributed by atoms with Crippen molar-refractivity contribution in [2.75, 3.05) is 0 Å². The minimum absolute atomic E-state index is 0.136. The first-order valence-corrected chi connectivity index (χ1v) is 7.20. The minimum Gasteiger partial charge on any atom is -0.324 e. The summed E-state index contributed by atoms with van der Waals surface area (Å²) in [5.74, 6) is 1.25. The van der Waals surface area contributed by atoms with Gasteiger partial charge < -0.3 is 4.57 Å². The average Bonchev–Trinajstić information content (AvgIpc) is 2.85. The predicted molar refractivity (Wildman–Crippen MR) is 75.7 cm³/mol. The Morgan fingerprint density at radius 3 is 2.89 bits per heavy atom. The van der Waals surface area contributed by atoms with Crippen LogP contribution < -0.4 is 0 Å². The molecule has 0 spiro atoms. The standard InChI is InChI=1S/C16H19N3/c1-2-16-18-13-8-4-6-10-15(13)19(16)14-9-5-3-7-12(14)11-17/h4,6,8,10,12,14H,2-3,5,7,9H2,1H3. The molecule has 0 saturated heterocycles. The van der Waals surface area contributed by atoms with E-state index in [1.165, 1.54) is 18.4 Å². The molecule has 1 aliphatic carbocycles. The summed E-state index contributed by atoms with van der Waals surface area (Å²) in [5.41, 5.74) is 2.24. The molecular weight excluding hydrogens is 234 g/mol. The van der Waals surface area contributed by atoms with Crippen molar-refractivity contribution in [1.29, 1.82) is 5.26 Å². The van der Waals surface area contributed by atoms with Crippen molar-refractivity contribution in [2.45, 2.75) is 45.1 Å². The van der Waals surface area contributed by atoms with E-state index in [2.05, 4.69) is 35.8 Å². The van der Waals surface area contributed by atoms with Crippen LogP contribution in [0.3, 0.4) is 0 Å². The number of hydrogen-bond acceptors (Lipinski definition) is 2. The fourth-order valence-corrected chi connectivity index (χ4v) is 3.28. The maximum Gasteiger partial charge on any atom is 0.109 e. The Morgan fingerprint density at radius 1 is 1.32 bits per heavy atom. The van der Waals surface area contributed by atoms with Crippen molar-refractivity contribution in [2.24, 2.45) is 5.92 Å². The molecule has 3 nitrogen and oxygen atoms in total. The van der Waals surface area contributed by atoms with E-state index in [0.29, 0.717) is 6.04 Å². The number of aryl methyl sites for hydroxylation is 1. The van der Waals surface area contributed by atoms with E-state index < -0.39 is 0 Å². The SMILES string of the molecule is CCc1nc2ccccc2n1C1CCCCC1C#N. The van der Waals surface area contributed by atoms with E-state index in [4.69, 9.17) is 4.98 Å². The molecule has 0 radical (unpaired) electrons. The number of nitrogens with zero attached hydrogens (tertiary/aromatic N) is 3. The summed E-state index contributed by atoms with van der Waals surface area (Å²) < 4.78 is 2.34. The molecule has 0 amide bonds. The lowest BCUT2D eigenvalue weighted by Gasteiger charge is -2.29. The predicted octanol–water partition coefficient (Wildman–Crippen LogP) is 3.85. The minimum atomic E-state index is 0.136. The first-order chi connectivity index (χ1) is 9.35. The maximum absolute atomic E-state index is 9.41. The quantitative estimate of drug-likeness (QED) is 0.815. The summed E-state index contributed by atoms with van der Waals surface area (Å²) in [5, 5.41) is 9.41. The Labute approximate surface area is 113 Å². The van der Waals surface area contributed by atoms with E-state index in [0.717, 1.165) is 30.6 Å². The molecule has 1 heterocycles. The van der Waals surface area contributed by atoms with Crippen LogP contribution in [0, 0.1) is 17.2 Å². The normalized spacial score (nSPS) is 23.4. The van der Waals surface area contributed by atoms with Crippen LogP contribution in [-0.4, -0.2) is 9.55 Å². The van der Waals surface area contributed by atoms with Crippen LogP contribution in [0.5, 0.6) is 0 Å². The largest absolute Gasteiger partial charge is 0.324 e. The Balaban J connectivity index is 2.14. The fourth-order valence-electron chi connectivity index (χ4n) is 3.28. The first kappa shape index (κ1) is 12.2. The second kappa shape index (κ2) is 5.05. The van der Waals surface area contributed by atoms with Crippen molar-refractivity contribution in [3.63, 3.8) is 0 Å². The van der Waals surface area contributed by atoms with Crippen molar-refractivity contribution in [3.8, 4) is 6.07 Å². The van der Waals surface area contributed by atoms with Crippen molar-refractivity contribution < 1.29 is 0 Å². The monoisotopic (exact) mass is 253 g/mol. The molecule has 2 atom stereocenters. The van der Waals surface area contributed by atoms with Gasteiger partial charge in [-0.15, -0.1) is 0 Å². The third-order valence-electron chi connectivity index (χ3n) is 4.21. The van der Waals surface area contributed by atoms with E-state index in [1.807, 2.05) is 6.07 Å². The molecule has 1 aromatic heterocycles. The van der Waals surface area contributed by atoms with Crippen LogP contribution in [0.4, 0.5) is 0 Å². The van der Waals surface area contributed by atoms with Gasteiger partial charge in [0.2, 0.25) is 0 Å². The Kier molecular flexibility index (Phi) is 3.25. The van der Waals surface area contributed by atoms with E-state index in [9.17, 15) is 5.26 Å². The molecule has 0 N–H and O–H groups in total. The number of para-hydroxylation sites is 2. The molecule has 0 aliphatic heterocycles. The van der Waals surface area contributed by atoms with Crippen LogP contribution in [0.25, 0.3) is 11.0 Å². The molecular formula is C16H19N3. The van der Waals surface area contributed by atoms with Crippen LogP contribution >= 0.6 is 0 Å². The van der Waals surface area contributed by atoms with Crippen molar-refractivity contribution in [3.05, 3.63) is 30.1 Å². The molecule has 2 unspecified atom stereocenters. The molecule has 0 bridgehead atoms. The second-order valence-corrected chi connectivity index (χ2v) is 5.33. The smallest absolute Gasteiger partial charge is 0.109 e. The Hall–Kier alpha value is -1.82. The van der Waals surface area contributed by atoms with Gasteiger partial charge in [0.25, 0.3) is 0 Å².